The maximum absolute atomic E-state index is 13.0. The summed E-state index contributed by atoms with van der Waals surface area (Å²) < 4.78 is 5.26. The van der Waals surface area contributed by atoms with Crippen LogP contribution >= 0.6 is 23.2 Å². The summed E-state index contributed by atoms with van der Waals surface area (Å²) in [6.45, 7) is 3.70. The molecule has 1 saturated heterocycles. The Labute approximate surface area is 161 Å². The second-order valence-corrected chi connectivity index (χ2v) is 7.19. The number of benzene rings is 2. The van der Waals surface area contributed by atoms with Gasteiger partial charge in [-0.1, -0.05) is 35.3 Å². The monoisotopic (exact) mass is 392 g/mol. The number of ether oxygens (including phenoxy) is 1. The molecule has 0 radical (unpaired) electrons. The molecule has 0 saturated carbocycles. The highest BCUT2D eigenvalue weighted by Gasteiger charge is 2.49. The molecule has 2 aromatic carbocycles. The van der Waals surface area contributed by atoms with Crippen molar-refractivity contribution < 1.29 is 14.3 Å². The Balaban J connectivity index is 1.90. The number of nitrogens with one attached hydrogen (secondary N) is 1. The molecule has 2 aromatic rings. The minimum atomic E-state index is -1.13. The second kappa shape index (κ2) is 6.82. The molecule has 0 bridgehead atoms. The van der Waals surface area contributed by atoms with Crippen LogP contribution in [0.4, 0.5) is 4.79 Å². The number of rotatable bonds is 4. The third-order valence-electron chi connectivity index (χ3n) is 4.57. The van der Waals surface area contributed by atoms with E-state index in [9.17, 15) is 9.59 Å². The van der Waals surface area contributed by atoms with E-state index >= 15 is 0 Å². The summed E-state index contributed by atoms with van der Waals surface area (Å²) in [4.78, 5) is 26.6. The molecule has 1 aliphatic heterocycles. The van der Waals surface area contributed by atoms with Gasteiger partial charge in [0.05, 0.1) is 23.7 Å². The Morgan fingerprint density at radius 3 is 2.46 bits per heavy atom. The van der Waals surface area contributed by atoms with Gasteiger partial charge in [0.2, 0.25) is 0 Å². The lowest BCUT2D eigenvalue weighted by molar-refractivity contribution is -0.131. The van der Waals surface area contributed by atoms with Gasteiger partial charge in [-0.05, 0) is 54.8 Å². The van der Waals surface area contributed by atoms with Gasteiger partial charge in [0.25, 0.3) is 5.91 Å². The zero-order valence-electron chi connectivity index (χ0n) is 14.6. The van der Waals surface area contributed by atoms with E-state index in [2.05, 4.69) is 5.32 Å². The molecule has 1 N–H and O–H groups in total. The average molecular weight is 393 g/mol. The summed E-state index contributed by atoms with van der Waals surface area (Å²) >= 11 is 11.9. The molecule has 1 unspecified atom stereocenters. The summed E-state index contributed by atoms with van der Waals surface area (Å²) in [5, 5.41) is 3.60. The summed E-state index contributed by atoms with van der Waals surface area (Å²) in [6.07, 6.45) is 0. The number of methoxy groups -OCH3 is 1. The van der Waals surface area contributed by atoms with E-state index in [0.717, 1.165) is 16.9 Å². The first-order valence-corrected chi connectivity index (χ1v) is 8.75. The number of aryl methyl sites for hydroxylation is 1. The van der Waals surface area contributed by atoms with Crippen LogP contribution in [0, 0.1) is 6.92 Å². The average Bonchev–Trinajstić information content (AvgIpc) is 2.82. The first-order valence-electron chi connectivity index (χ1n) is 7.99. The molecule has 1 aliphatic rings. The third kappa shape index (κ3) is 3.13. The van der Waals surface area contributed by atoms with Gasteiger partial charge in [-0.15, -0.1) is 0 Å². The Kier molecular flexibility index (Phi) is 4.86. The van der Waals surface area contributed by atoms with Gasteiger partial charge in [-0.25, -0.2) is 4.79 Å². The van der Waals surface area contributed by atoms with E-state index < -0.39 is 11.6 Å². The van der Waals surface area contributed by atoms with Crippen molar-refractivity contribution in [2.75, 3.05) is 7.11 Å². The molecular formula is C19H18Cl2N2O3. The quantitative estimate of drug-likeness (QED) is 0.789. The van der Waals surface area contributed by atoms with Crippen LogP contribution in [0.2, 0.25) is 10.0 Å². The molecule has 0 aromatic heterocycles. The van der Waals surface area contributed by atoms with Crippen molar-refractivity contribution in [2.45, 2.75) is 25.9 Å². The first-order chi connectivity index (χ1) is 12.3. The van der Waals surface area contributed by atoms with E-state index in [1.165, 1.54) is 4.90 Å². The standard InChI is InChI=1S/C19H18Cl2N2O3/c1-11-8-13(5-7-16(11)26-3)19(2)17(24)23(18(25)22-19)10-12-4-6-14(20)15(21)9-12/h4-9H,10H2,1-3H3,(H,22,25). The Morgan fingerprint density at radius 2 is 1.85 bits per heavy atom. The number of carbonyl (C=O) groups is 2. The highest BCUT2D eigenvalue weighted by molar-refractivity contribution is 6.42. The Morgan fingerprint density at radius 1 is 1.12 bits per heavy atom. The summed E-state index contributed by atoms with van der Waals surface area (Å²) in [5.41, 5.74) is 1.17. The molecule has 1 fully saturated rings. The maximum Gasteiger partial charge on any atom is 0.325 e. The molecule has 3 rings (SSSR count). The highest BCUT2D eigenvalue weighted by atomic mass is 35.5. The molecule has 136 valence electrons. The van der Waals surface area contributed by atoms with Crippen molar-refractivity contribution in [1.82, 2.24) is 10.2 Å². The zero-order valence-corrected chi connectivity index (χ0v) is 16.1. The van der Waals surface area contributed by atoms with Crippen molar-refractivity contribution in [3.63, 3.8) is 0 Å². The number of urea groups is 1. The number of imide groups is 1. The highest BCUT2D eigenvalue weighted by Crippen LogP contribution is 2.33. The lowest BCUT2D eigenvalue weighted by atomic mass is 9.90. The van der Waals surface area contributed by atoms with Crippen LogP contribution in [0.1, 0.15) is 23.6 Å². The normalized spacial score (nSPS) is 19.7. The van der Waals surface area contributed by atoms with Crippen molar-refractivity contribution in [2.24, 2.45) is 0 Å². The summed E-state index contributed by atoms with van der Waals surface area (Å²) in [6, 6.07) is 10.0. The Bertz CT molecular complexity index is 900. The van der Waals surface area contributed by atoms with Crippen LogP contribution in [0.3, 0.4) is 0 Å². The molecule has 3 amide bonds. The zero-order chi connectivity index (χ0) is 19.1. The topological polar surface area (TPSA) is 58.6 Å². The minimum Gasteiger partial charge on any atom is -0.496 e. The van der Waals surface area contributed by atoms with E-state index in [1.54, 1.807) is 44.4 Å². The molecule has 5 nitrogen and oxygen atoms in total. The summed E-state index contributed by atoms with van der Waals surface area (Å²) in [5.74, 6) is 0.403. The van der Waals surface area contributed by atoms with Crippen LogP contribution in [0.5, 0.6) is 5.75 Å². The molecule has 1 atom stereocenters. The van der Waals surface area contributed by atoms with Gasteiger partial charge in [-0.3, -0.25) is 9.69 Å². The molecule has 1 heterocycles. The SMILES string of the molecule is COc1ccc(C2(C)NC(=O)N(Cc3ccc(Cl)c(Cl)c3)C2=O)cc1C. The van der Waals surface area contributed by atoms with Crippen LogP contribution in [-0.4, -0.2) is 23.9 Å². The van der Waals surface area contributed by atoms with Gasteiger partial charge in [0, 0.05) is 0 Å². The van der Waals surface area contributed by atoms with Gasteiger partial charge in [0.1, 0.15) is 11.3 Å². The largest absolute Gasteiger partial charge is 0.496 e. The van der Waals surface area contributed by atoms with Gasteiger partial charge >= 0.3 is 6.03 Å². The van der Waals surface area contributed by atoms with Crippen molar-refractivity contribution in [3.05, 3.63) is 63.1 Å². The van der Waals surface area contributed by atoms with E-state index in [0.29, 0.717) is 15.6 Å². The van der Waals surface area contributed by atoms with E-state index in [4.69, 9.17) is 27.9 Å². The molecule has 0 spiro atoms. The van der Waals surface area contributed by atoms with Crippen LogP contribution in [-0.2, 0) is 16.9 Å². The van der Waals surface area contributed by atoms with Gasteiger partial charge in [0.15, 0.2) is 0 Å². The lowest BCUT2D eigenvalue weighted by Gasteiger charge is -2.23. The molecular weight excluding hydrogens is 375 g/mol. The predicted molar refractivity (Wildman–Crippen MR) is 101 cm³/mol. The number of halogens is 2. The minimum absolute atomic E-state index is 0.117. The fraction of sp³-hybridized carbons (Fsp3) is 0.263. The predicted octanol–water partition coefficient (Wildman–Crippen LogP) is 4.28. The summed E-state index contributed by atoms with van der Waals surface area (Å²) in [7, 11) is 1.59. The number of amides is 3. The number of hydrogen-bond donors (Lipinski definition) is 1. The van der Waals surface area contributed by atoms with Crippen LogP contribution in [0.15, 0.2) is 36.4 Å². The van der Waals surface area contributed by atoms with E-state index in [1.807, 2.05) is 13.0 Å². The number of hydrogen-bond acceptors (Lipinski definition) is 3. The van der Waals surface area contributed by atoms with Crippen LogP contribution < -0.4 is 10.1 Å². The number of carbonyl (C=O) groups excluding carboxylic acids is 2. The van der Waals surface area contributed by atoms with Crippen molar-refractivity contribution in [1.29, 1.82) is 0 Å². The molecule has 0 aliphatic carbocycles. The second-order valence-electron chi connectivity index (χ2n) is 6.38. The fourth-order valence-corrected chi connectivity index (χ4v) is 3.37. The maximum atomic E-state index is 13.0. The smallest absolute Gasteiger partial charge is 0.325 e. The molecule has 7 heteroatoms. The third-order valence-corrected chi connectivity index (χ3v) is 5.31. The van der Waals surface area contributed by atoms with E-state index in [-0.39, 0.29) is 12.5 Å². The Hall–Kier alpha value is -2.24. The van der Waals surface area contributed by atoms with Gasteiger partial charge < -0.3 is 10.1 Å². The first kappa shape index (κ1) is 18.5. The fourth-order valence-electron chi connectivity index (χ4n) is 3.05. The van der Waals surface area contributed by atoms with Crippen molar-refractivity contribution in [3.8, 4) is 5.75 Å². The van der Waals surface area contributed by atoms with Crippen LogP contribution in [0.25, 0.3) is 0 Å². The lowest BCUT2D eigenvalue weighted by Crippen LogP contribution is -2.40. The number of nitrogens with zero attached hydrogens (tertiary/aromatic N) is 1. The van der Waals surface area contributed by atoms with Gasteiger partial charge in [-0.2, -0.15) is 0 Å². The van der Waals surface area contributed by atoms with Crippen molar-refractivity contribution >= 4 is 35.1 Å². The molecule has 26 heavy (non-hydrogen) atoms.